The second-order valence-electron chi connectivity index (χ2n) is 4.47. The van der Waals surface area contributed by atoms with Crippen LogP contribution in [0.25, 0.3) is 5.70 Å². The van der Waals surface area contributed by atoms with Crippen molar-refractivity contribution in [1.29, 1.82) is 0 Å². The average Bonchev–Trinajstić information content (AvgIpc) is 2.74. The summed E-state index contributed by atoms with van der Waals surface area (Å²) in [7, 11) is 0. The summed E-state index contributed by atoms with van der Waals surface area (Å²) in [5, 5.41) is 4.83. The van der Waals surface area contributed by atoms with Crippen LogP contribution < -0.4 is 16.4 Å². The molecule has 0 spiro atoms. The summed E-state index contributed by atoms with van der Waals surface area (Å²) < 4.78 is 13.4. The summed E-state index contributed by atoms with van der Waals surface area (Å²) in [6.45, 7) is 4.19. The van der Waals surface area contributed by atoms with Gasteiger partial charge >= 0.3 is 0 Å². The maximum Gasteiger partial charge on any atom is 0.234 e. The number of fused-ring (bicyclic) bond motifs is 1. The zero-order valence-electron chi connectivity index (χ0n) is 10.5. The minimum Gasteiger partial charge on any atom is -0.370 e. The number of nitrogens with two attached hydrogens (primary N) is 1. The van der Waals surface area contributed by atoms with Gasteiger partial charge in [0, 0.05) is 5.56 Å². The third kappa shape index (κ3) is 1.93. The summed E-state index contributed by atoms with van der Waals surface area (Å²) in [4.78, 5) is 5.97. The monoisotopic (exact) mass is 293 g/mol. The molecule has 5 nitrogen and oxygen atoms in total. The first-order chi connectivity index (χ1) is 9.53. The molecule has 0 radical (unpaired) electrons. The van der Waals surface area contributed by atoms with Crippen molar-refractivity contribution in [2.75, 3.05) is 6.67 Å². The van der Waals surface area contributed by atoms with Crippen molar-refractivity contribution < 1.29 is 4.39 Å². The fourth-order valence-electron chi connectivity index (χ4n) is 2.33. The zero-order valence-corrected chi connectivity index (χ0v) is 11.3. The minimum absolute atomic E-state index is 0.168. The molecule has 20 heavy (non-hydrogen) atoms. The van der Waals surface area contributed by atoms with Crippen LogP contribution in [-0.4, -0.2) is 22.7 Å². The highest BCUT2D eigenvalue weighted by atomic mass is 35.5. The standard InChI is InChI=1S/C13H13ClFN5/c1-2-20-7-17-13(14)11(20)10(18-12(16)19-13)8-4-3-5-9(15)6-8/h2-6,17H,1,7H2,(H3,16,18,19). The zero-order chi connectivity index (χ0) is 14.3. The summed E-state index contributed by atoms with van der Waals surface area (Å²) >= 11 is 6.47. The van der Waals surface area contributed by atoms with Gasteiger partial charge in [0.1, 0.15) is 11.5 Å². The van der Waals surface area contributed by atoms with Crippen LogP contribution in [0.15, 0.2) is 47.7 Å². The molecule has 4 N–H and O–H groups in total. The average molecular weight is 294 g/mol. The van der Waals surface area contributed by atoms with Crippen molar-refractivity contribution in [1.82, 2.24) is 15.5 Å². The van der Waals surface area contributed by atoms with E-state index in [2.05, 4.69) is 22.2 Å². The Balaban J connectivity index is 2.19. The van der Waals surface area contributed by atoms with Crippen LogP contribution in [0.5, 0.6) is 0 Å². The van der Waals surface area contributed by atoms with Gasteiger partial charge in [0.2, 0.25) is 5.12 Å². The van der Waals surface area contributed by atoms with Crippen molar-refractivity contribution in [3.8, 4) is 0 Å². The summed E-state index contributed by atoms with van der Waals surface area (Å²) in [5.41, 5.74) is 7.66. The Kier molecular flexibility index (Phi) is 2.92. The van der Waals surface area contributed by atoms with Crippen molar-refractivity contribution in [2.45, 2.75) is 5.12 Å². The van der Waals surface area contributed by atoms with E-state index in [9.17, 15) is 4.39 Å². The van der Waals surface area contributed by atoms with Gasteiger partial charge in [-0.1, -0.05) is 30.3 Å². The van der Waals surface area contributed by atoms with E-state index in [1.807, 2.05) is 0 Å². The highest BCUT2D eigenvalue weighted by Gasteiger charge is 2.45. The number of rotatable bonds is 2. The third-order valence-electron chi connectivity index (χ3n) is 3.18. The molecule has 1 atom stereocenters. The Hall–Kier alpha value is -2.05. The van der Waals surface area contributed by atoms with E-state index in [4.69, 9.17) is 17.3 Å². The lowest BCUT2D eigenvalue weighted by atomic mass is 10.1. The molecular weight excluding hydrogens is 281 g/mol. The summed E-state index contributed by atoms with van der Waals surface area (Å²) in [6, 6.07) is 6.18. The molecule has 0 aliphatic carbocycles. The Morgan fingerprint density at radius 1 is 1.55 bits per heavy atom. The first-order valence-corrected chi connectivity index (χ1v) is 6.37. The van der Waals surface area contributed by atoms with E-state index in [0.717, 1.165) is 0 Å². The number of hydrogen-bond donors (Lipinski definition) is 3. The number of benzene rings is 1. The number of halogens is 2. The molecule has 2 aliphatic rings. The summed E-state index contributed by atoms with van der Waals surface area (Å²) in [6.07, 6.45) is 1.63. The quantitative estimate of drug-likeness (QED) is 0.568. The third-order valence-corrected chi connectivity index (χ3v) is 3.58. The fraction of sp³-hybridized carbons (Fsp3) is 0.154. The van der Waals surface area contributed by atoms with E-state index in [0.29, 0.717) is 23.6 Å². The van der Waals surface area contributed by atoms with Gasteiger partial charge in [-0.05, 0) is 18.3 Å². The van der Waals surface area contributed by atoms with Crippen LogP contribution in [0, 0.1) is 5.82 Å². The van der Waals surface area contributed by atoms with Gasteiger partial charge in [-0.2, -0.15) is 0 Å². The van der Waals surface area contributed by atoms with Gasteiger partial charge < -0.3 is 16.0 Å². The molecule has 2 aliphatic heterocycles. The van der Waals surface area contributed by atoms with Gasteiger partial charge in [-0.25, -0.2) is 9.38 Å². The number of nitrogens with one attached hydrogen (secondary N) is 2. The van der Waals surface area contributed by atoms with Gasteiger partial charge in [0.25, 0.3) is 0 Å². The second-order valence-corrected chi connectivity index (χ2v) is 5.01. The maximum absolute atomic E-state index is 13.4. The first-order valence-electron chi connectivity index (χ1n) is 6.00. The lowest BCUT2D eigenvalue weighted by molar-refractivity contribution is 0.517. The van der Waals surface area contributed by atoms with Crippen molar-refractivity contribution >= 4 is 23.3 Å². The van der Waals surface area contributed by atoms with Crippen LogP contribution in [0.1, 0.15) is 5.56 Å². The normalized spacial score (nSPS) is 25.1. The number of guanidine groups is 1. The fourth-order valence-corrected chi connectivity index (χ4v) is 2.69. The minimum atomic E-state index is -1.16. The largest absolute Gasteiger partial charge is 0.370 e. The molecule has 7 heteroatoms. The van der Waals surface area contributed by atoms with Crippen molar-refractivity contribution in [3.05, 3.63) is 54.1 Å². The van der Waals surface area contributed by atoms with E-state index < -0.39 is 5.12 Å². The number of nitrogens with zero attached hydrogens (tertiary/aromatic N) is 2. The highest BCUT2D eigenvalue weighted by molar-refractivity contribution is 6.27. The molecule has 1 aromatic rings. The van der Waals surface area contributed by atoms with Gasteiger partial charge in [-0.3, -0.25) is 5.32 Å². The molecule has 1 saturated heterocycles. The molecule has 0 bridgehead atoms. The predicted octanol–water partition coefficient (Wildman–Crippen LogP) is 1.31. The van der Waals surface area contributed by atoms with E-state index >= 15 is 0 Å². The van der Waals surface area contributed by atoms with Gasteiger partial charge in [0.05, 0.1) is 12.4 Å². The SMILES string of the molecule is C=CN1CNC2(Cl)N=C(N)NC(c3cccc(F)c3)=C12. The molecule has 2 heterocycles. The lowest BCUT2D eigenvalue weighted by Crippen LogP contribution is -2.45. The topological polar surface area (TPSA) is 65.7 Å². The van der Waals surface area contributed by atoms with Crippen molar-refractivity contribution in [3.63, 3.8) is 0 Å². The molecular formula is C13H13ClFN5. The van der Waals surface area contributed by atoms with Crippen LogP contribution in [0.3, 0.4) is 0 Å². The molecule has 104 valence electrons. The maximum atomic E-state index is 13.4. The second kappa shape index (κ2) is 4.50. The van der Waals surface area contributed by atoms with Crippen LogP contribution in [-0.2, 0) is 0 Å². The van der Waals surface area contributed by atoms with Crippen molar-refractivity contribution in [2.24, 2.45) is 10.7 Å². The Labute approximate surface area is 120 Å². The Morgan fingerprint density at radius 2 is 2.35 bits per heavy atom. The Morgan fingerprint density at radius 3 is 3.05 bits per heavy atom. The number of aliphatic imine (C=N–C) groups is 1. The first kappa shape index (κ1) is 13.0. The molecule has 0 amide bonds. The van der Waals surface area contributed by atoms with E-state index in [1.165, 1.54) is 12.1 Å². The molecule has 3 rings (SSSR count). The molecule has 1 unspecified atom stereocenters. The highest BCUT2D eigenvalue weighted by Crippen LogP contribution is 2.38. The van der Waals surface area contributed by atoms with Crippen LogP contribution >= 0.6 is 11.6 Å². The Bertz CT molecular complexity index is 641. The number of alkyl halides is 1. The van der Waals surface area contributed by atoms with Gasteiger partial charge in [0.15, 0.2) is 5.96 Å². The number of hydrogen-bond acceptors (Lipinski definition) is 5. The van der Waals surface area contributed by atoms with E-state index in [1.54, 1.807) is 23.2 Å². The molecule has 1 aromatic carbocycles. The smallest absolute Gasteiger partial charge is 0.234 e. The molecule has 0 aromatic heterocycles. The molecule has 0 saturated carbocycles. The van der Waals surface area contributed by atoms with E-state index in [-0.39, 0.29) is 11.8 Å². The van der Waals surface area contributed by atoms with Crippen LogP contribution in [0.4, 0.5) is 4.39 Å². The lowest BCUT2D eigenvalue weighted by Gasteiger charge is -2.29. The van der Waals surface area contributed by atoms with Crippen LogP contribution in [0.2, 0.25) is 0 Å². The van der Waals surface area contributed by atoms with Gasteiger partial charge in [-0.15, -0.1) is 0 Å². The summed E-state index contributed by atoms with van der Waals surface area (Å²) in [5.74, 6) is -0.170. The molecule has 1 fully saturated rings. The predicted molar refractivity (Wildman–Crippen MR) is 76.7 cm³/mol.